The number of thioether (sulfide) groups is 1. The van der Waals surface area contributed by atoms with Crippen LogP contribution in [0.25, 0.3) is 0 Å². The van der Waals surface area contributed by atoms with Crippen LogP contribution in [0.5, 0.6) is 0 Å². The molecule has 0 aliphatic carbocycles. The number of carbonyl (C=O) groups is 3. The minimum atomic E-state index is -0.703. The first-order valence-electron chi connectivity index (χ1n) is 8.47. The number of amides is 3. The molecule has 0 aliphatic heterocycles. The average Bonchev–Trinajstić information content (AvgIpc) is 2.63. The Kier molecular flexibility index (Phi) is 7.43. The van der Waals surface area contributed by atoms with Crippen LogP contribution in [0.1, 0.15) is 28.4 Å². The van der Waals surface area contributed by atoms with Crippen molar-refractivity contribution in [2.45, 2.75) is 25.7 Å². The van der Waals surface area contributed by atoms with Gasteiger partial charge in [-0.3, -0.25) is 10.1 Å². The molecule has 2 aromatic carbocycles. The SMILES string of the molecule is CCSc1ccccc1C(=O)OCC(=O)NC(=O)Nc1ccc(C)c(C)c1. The summed E-state index contributed by atoms with van der Waals surface area (Å²) in [6.07, 6.45) is 0. The molecule has 0 aliphatic rings. The number of hydrogen-bond acceptors (Lipinski definition) is 5. The maximum atomic E-state index is 12.2. The number of nitrogens with one attached hydrogen (secondary N) is 2. The van der Waals surface area contributed by atoms with Crippen LogP contribution < -0.4 is 10.6 Å². The molecule has 3 amide bonds. The average molecular weight is 386 g/mol. The fraction of sp³-hybridized carbons (Fsp3) is 0.250. The van der Waals surface area contributed by atoms with Crippen molar-refractivity contribution in [2.24, 2.45) is 0 Å². The Morgan fingerprint density at radius 3 is 2.48 bits per heavy atom. The smallest absolute Gasteiger partial charge is 0.339 e. The van der Waals surface area contributed by atoms with Crippen molar-refractivity contribution < 1.29 is 19.1 Å². The number of carbonyl (C=O) groups excluding carboxylic acids is 3. The fourth-order valence-electron chi connectivity index (χ4n) is 2.27. The Bertz CT molecular complexity index is 852. The second kappa shape index (κ2) is 9.78. The van der Waals surface area contributed by atoms with E-state index in [0.717, 1.165) is 21.8 Å². The molecule has 0 radical (unpaired) electrons. The van der Waals surface area contributed by atoms with Gasteiger partial charge in [0.2, 0.25) is 0 Å². The monoisotopic (exact) mass is 386 g/mol. The molecular weight excluding hydrogens is 364 g/mol. The molecule has 0 saturated heterocycles. The predicted molar refractivity (Wildman–Crippen MR) is 106 cm³/mol. The van der Waals surface area contributed by atoms with Crippen LogP contribution in [0.4, 0.5) is 10.5 Å². The summed E-state index contributed by atoms with van der Waals surface area (Å²) in [6.45, 7) is 5.34. The van der Waals surface area contributed by atoms with E-state index in [0.29, 0.717) is 11.3 Å². The van der Waals surface area contributed by atoms with Gasteiger partial charge in [-0.2, -0.15) is 0 Å². The summed E-state index contributed by atoms with van der Waals surface area (Å²) >= 11 is 1.51. The molecule has 0 fully saturated rings. The first-order chi connectivity index (χ1) is 12.9. The van der Waals surface area contributed by atoms with E-state index >= 15 is 0 Å². The molecule has 142 valence electrons. The van der Waals surface area contributed by atoms with Gasteiger partial charge < -0.3 is 10.1 Å². The van der Waals surface area contributed by atoms with E-state index in [9.17, 15) is 14.4 Å². The highest BCUT2D eigenvalue weighted by Crippen LogP contribution is 2.22. The zero-order valence-electron chi connectivity index (χ0n) is 15.5. The molecule has 2 rings (SSSR count). The van der Waals surface area contributed by atoms with Gasteiger partial charge in [-0.15, -0.1) is 11.8 Å². The minimum absolute atomic E-state index is 0.400. The first kappa shape index (κ1) is 20.5. The number of esters is 1. The molecule has 0 bridgehead atoms. The van der Waals surface area contributed by atoms with Crippen LogP contribution >= 0.6 is 11.8 Å². The van der Waals surface area contributed by atoms with Crippen molar-refractivity contribution in [2.75, 3.05) is 17.7 Å². The largest absolute Gasteiger partial charge is 0.452 e. The topological polar surface area (TPSA) is 84.5 Å². The van der Waals surface area contributed by atoms with Crippen LogP contribution in [0, 0.1) is 13.8 Å². The molecule has 6 nitrogen and oxygen atoms in total. The standard InChI is InChI=1S/C20H22N2O4S/c1-4-27-17-8-6-5-7-16(17)19(24)26-12-18(23)22-20(25)21-15-10-9-13(2)14(3)11-15/h5-11H,4,12H2,1-3H3,(H2,21,22,23,25). The predicted octanol–water partition coefficient (Wildman–Crippen LogP) is 3.92. The Labute approximate surface area is 162 Å². The van der Waals surface area contributed by atoms with Gasteiger partial charge in [0.25, 0.3) is 5.91 Å². The van der Waals surface area contributed by atoms with E-state index in [2.05, 4.69) is 10.6 Å². The molecule has 0 saturated carbocycles. The van der Waals surface area contributed by atoms with E-state index < -0.39 is 24.5 Å². The molecule has 0 aromatic heterocycles. The number of hydrogen-bond donors (Lipinski definition) is 2. The van der Waals surface area contributed by atoms with Crippen LogP contribution in [0.2, 0.25) is 0 Å². The number of imide groups is 1. The first-order valence-corrected chi connectivity index (χ1v) is 9.46. The third-order valence-electron chi connectivity index (χ3n) is 3.76. The molecular formula is C20H22N2O4S. The summed E-state index contributed by atoms with van der Waals surface area (Å²) in [5, 5.41) is 4.71. The lowest BCUT2D eigenvalue weighted by Crippen LogP contribution is -2.37. The molecule has 2 N–H and O–H groups in total. The summed E-state index contributed by atoms with van der Waals surface area (Å²) in [5.41, 5.74) is 3.10. The van der Waals surface area contributed by atoms with Gasteiger partial charge in [0.15, 0.2) is 6.61 Å². The second-order valence-corrected chi connectivity index (χ2v) is 7.11. The lowest BCUT2D eigenvalue weighted by Gasteiger charge is -2.10. The van der Waals surface area contributed by atoms with E-state index in [-0.39, 0.29) is 0 Å². The van der Waals surface area contributed by atoms with Crippen molar-refractivity contribution in [3.05, 3.63) is 59.2 Å². The van der Waals surface area contributed by atoms with E-state index in [1.165, 1.54) is 11.8 Å². The van der Waals surface area contributed by atoms with E-state index in [1.54, 1.807) is 18.2 Å². The molecule has 7 heteroatoms. The van der Waals surface area contributed by atoms with Crippen LogP contribution in [0.3, 0.4) is 0 Å². The number of ether oxygens (including phenoxy) is 1. The molecule has 27 heavy (non-hydrogen) atoms. The number of aryl methyl sites for hydroxylation is 2. The Morgan fingerprint density at radius 1 is 1.04 bits per heavy atom. The summed E-state index contributed by atoms with van der Waals surface area (Å²) in [6, 6.07) is 11.8. The van der Waals surface area contributed by atoms with E-state index in [1.807, 2.05) is 45.0 Å². The lowest BCUT2D eigenvalue weighted by molar-refractivity contribution is -0.123. The third-order valence-corrected chi connectivity index (χ3v) is 4.71. The second-order valence-electron chi connectivity index (χ2n) is 5.81. The van der Waals surface area contributed by atoms with Crippen molar-refractivity contribution in [3.8, 4) is 0 Å². The van der Waals surface area contributed by atoms with Gasteiger partial charge in [0.1, 0.15) is 0 Å². The van der Waals surface area contributed by atoms with Gasteiger partial charge in [-0.25, -0.2) is 9.59 Å². The van der Waals surface area contributed by atoms with Gasteiger partial charge in [-0.1, -0.05) is 25.1 Å². The zero-order valence-corrected chi connectivity index (χ0v) is 16.3. The molecule has 0 heterocycles. The number of rotatable bonds is 6. The van der Waals surface area contributed by atoms with Crippen molar-refractivity contribution in [1.82, 2.24) is 5.32 Å². The Balaban J connectivity index is 1.85. The quantitative estimate of drug-likeness (QED) is 0.581. The van der Waals surface area contributed by atoms with Crippen molar-refractivity contribution in [1.29, 1.82) is 0 Å². The van der Waals surface area contributed by atoms with Gasteiger partial charge in [-0.05, 0) is 55.0 Å². The molecule has 0 unspecified atom stereocenters. The van der Waals surface area contributed by atoms with Crippen LogP contribution in [-0.2, 0) is 9.53 Å². The summed E-state index contributed by atoms with van der Waals surface area (Å²) in [5.74, 6) is -0.495. The van der Waals surface area contributed by atoms with Gasteiger partial charge >= 0.3 is 12.0 Å². The van der Waals surface area contributed by atoms with Gasteiger partial charge in [0.05, 0.1) is 5.56 Å². The maximum absolute atomic E-state index is 12.2. The summed E-state index contributed by atoms with van der Waals surface area (Å²) < 4.78 is 5.02. The highest BCUT2D eigenvalue weighted by Gasteiger charge is 2.15. The third kappa shape index (κ3) is 6.14. The van der Waals surface area contributed by atoms with Crippen molar-refractivity contribution in [3.63, 3.8) is 0 Å². The van der Waals surface area contributed by atoms with Crippen LogP contribution in [0.15, 0.2) is 47.4 Å². The molecule has 2 aromatic rings. The Hall–Kier alpha value is -2.80. The lowest BCUT2D eigenvalue weighted by atomic mass is 10.1. The highest BCUT2D eigenvalue weighted by atomic mass is 32.2. The summed E-state index contributed by atoms with van der Waals surface area (Å²) in [4.78, 5) is 36.7. The Morgan fingerprint density at radius 2 is 1.78 bits per heavy atom. The number of benzene rings is 2. The highest BCUT2D eigenvalue weighted by molar-refractivity contribution is 7.99. The number of anilines is 1. The number of urea groups is 1. The minimum Gasteiger partial charge on any atom is -0.452 e. The van der Waals surface area contributed by atoms with E-state index in [4.69, 9.17) is 4.74 Å². The van der Waals surface area contributed by atoms with Crippen LogP contribution in [-0.4, -0.2) is 30.3 Å². The molecule has 0 atom stereocenters. The maximum Gasteiger partial charge on any atom is 0.339 e. The van der Waals surface area contributed by atoms with Crippen molar-refractivity contribution >= 4 is 35.4 Å². The molecule has 0 spiro atoms. The summed E-state index contributed by atoms with van der Waals surface area (Å²) in [7, 11) is 0. The fourth-order valence-corrected chi connectivity index (χ4v) is 3.06. The van der Waals surface area contributed by atoms with Gasteiger partial charge in [0, 0.05) is 10.6 Å². The zero-order chi connectivity index (χ0) is 19.8. The normalized spacial score (nSPS) is 10.2.